The lowest BCUT2D eigenvalue weighted by Crippen LogP contribution is -2.41. The fourth-order valence-corrected chi connectivity index (χ4v) is 3.50. The van der Waals surface area contributed by atoms with Crippen LogP contribution in [0.5, 0.6) is 0 Å². The van der Waals surface area contributed by atoms with E-state index in [0.29, 0.717) is 12.1 Å². The van der Waals surface area contributed by atoms with Crippen LogP contribution < -0.4 is 5.32 Å². The summed E-state index contributed by atoms with van der Waals surface area (Å²) in [7, 11) is 1.90. The van der Waals surface area contributed by atoms with Crippen LogP contribution in [0.15, 0.2) is 36.5 Å². The summed E-state index contributed by atoms with van der Waals surface area (Å²) in [6.45, 7) is 6.79. The number of ether oxygens (including phenoxy) is 1. The van der Waals surface area contributed by atoms with Gasteiger partial charge in [0.15, 0.2) is 0 Å². The molecule has 3 heterocycles. The number of hydrogen-bond acceptors (Lipinski definition) is 5. The highest BCUT2D eigenvalue weighted by Gasteiger charge is 2.17. The predicted molar refractivity (Wildman–Crippen MR) is 108 cm³/mol. The first-order valence-corrected chi connectivity index (χ1v) is 9.60. The van der Waals surface area contributed by atoms with Crippen LogP contribution in [0.25, 0.3) is 22.2 Å². The summed E-state index contributed by atoms with van der Waals surface area (Å²) >= 11 is 0. The topological polar surface area (TPSA) is 72.3 Å². The van der Waals surface area contributed by atoms with Crippen LogP contribution in [0.4, 0.5) is 0 Å². The van der Waals surface area contributed by atoms with Crippen molar-refractivity contribution in [2.45, 2.75) is 6.92 Å². The highest BCUT2D eigenvalue weighted by atomic mass is 16.5. The molecule has 146 valence electrons. The van der Waals surface area contributed by atoms with Crippen molar-refractivity contribution in [2.24, 2.45) is 7.05 Å². The van der Waals surface area contributed by atoms with Gasteiger partial charge in [0, 0.05) is 49.9 Å². The predicted octanol–water partition coefficient (Wildman–Crippen LogP) is 2.01. The molecule has 3 aromatic rings. The van der Waals surface area contributed by atoms with E-state index in [-0.39, 0.29) is 5.91 Å². The number of benzene rings is 1. The monoisotopic (exact) mass is 379 g/mol. The van der Waals surface area contributed by atoms with Crippen molar-refractivity contribution in [3.05, 3.63) is 47.8 Å². The largest absolute Gasteiger partial charge is 0.379 e. The number of nitrogens with zero attached hydrogens (tertiary/aromatic N) is 4. The number of rotatable bonds is 5. The van der Waals surface area contributed by atoms with Crippen molar-refractivity contribution < 1.29 is 9.53 Å². The van der Waals surface area contributed by atoms with Gasteiger partial charge in [-0.2, -0.15) is 5.10 Å². The lowest BCUT2D eigenvalue weighted by molar-refractivity contribution is 0.0383. The number of fused-ring (bicyclic) bond motifs is 1. The van der Waals surface area contributed by atoms with E-state index in [9.17, 15) is 4.79 Å². The van der Waals surface area contributed by atoms with Gasteiger partial charge in [0.1, 0.15) is 0 Å². The summed E-state index contributed by atoms with van der Waals surface area (Å²) in [6, 6.07) is 9.63. The summed E-state index contributed by atoms with van der Waals surface area (Å²) < 4.78 is 7.18. The first-order chi connectivity index (χ1) is 13.6. The number of carbonyl (C=O) groups excluding carboxylic acids is 1. The zero-order valence-corrected chi connectivity index (χ0v) is 16.3. The molecule has 0 aliphatic carbocycles. The third-order valence-electron chi connectivity index (χ3n) is 5.29. The number of nitrogens with one attached hydrogen (secondary N) is 1. The van der Waals surface area contributed by atoms with E-state index in [0.717, 1.165) is 60.7 Å². The highest BCUT2D eigenvalue weighted by Crippen LogP contribution is 2.26. The average Bonchev–Trinajstić information content (AvgIpc) is 3.06. The summed E-state index contributed by atoms with van der Waals surface area (Å²) in [4.78, 5) is 20.0. The van der Waals surface area contributed by atoms with Crippen molar-refractivity contribution in [1.82, 2.24) is 25.0 Å². The van der Waals surface area contributed by atoms with Gasteiger partial charge >= 0.3 is 0 Å². The third kappa shape index (κ3) is 3.76. The van der Waals surface area contributed by atoms with E-state index in [1.54, 1.807) is 6.20 Å². The number of amides is 1. The second-order valence-corrected chi connectivity index (χ2v) is 7.05. The minimum Gasteiger partial charge on any atom is -0.379 e. The van der Waals surface area contributed by atoms with Gasteiger partial charge in [-0.05, 0) is 19.1 Å². The summed E-state index contributed by atoms with van der Waals surface area (Å²) in [5, 5.41) is 8.23. The maximum atomic E-state index is 13.0. The van der Waals surface area contributed by atoms with Gasteiger partial charge < -0.3 is 10.1 Å². The molecule has 1 saturated heterocycles. The van der Waals surface area contributed by atoms with Crippen molar-refractivity contribution in [2.75, 3.05) is 39.4 Å². The quantitative estimate of drug-likeness (QED) is 0.734. The zero-order chi connectivity index (χ0) is 19.5. The van der Waals surface area contributed by atoms with Gasteiger partial charge in [-0.25, -0.2) is 4.98 Å². The second-order valence-electron chi connectivity index (χ2n) is 7.05. The Bertz CT molecular complexity index is 992. The standard InChI is InChI=1S/C21H25N5O2/c1-15-18(14-23-25(15)2)20-13-17(16-5-3-4-6-19(16)24-20)21(27)22-7-8-26-9-11-28-12-10-26/h3-6,13-14H,7-12H2,1-2H3,(H,22,27). The van der Waals surface area contributed by atoms with Gasteiger partial charge in [0.2, 0.25) is 0 Å². The van der Waals surface area contributed by atoms with Crippen LogP contribution >= 0.6 is 0 Å². The number of pyridine rings is 1. The van der Waals surface area contributed by atoms with Crippen molar-refractivity contribution in [3.63, 3.8) is 0 Å². The van der Waals surface area contributed by atoms with Crippen LogP contribution in [-0.2, 0) is 11.8 Å². The molecule has 0 bridgehead atoms. The van der Waals surface area contributed by atoms with Gasteiger partial charge in [-0.3, -0.25) is 14.4 Å². The molecule has 1 fully saturated rings. The number of carbonyl (C=O) groups is 1. The summed E-state index contributed by atoms with van der Waals surface area (Å²) in [6.07, 6.45) is 1.80. The Morgan fingerprint density at radius 3 is 2.79 bits per heavy atom. The molecule has 4 rings (SSSR count). The first-order valence-electron chi connectivity index (χ1n) is 9.60. The lowest BCUT2D eigenvalue weighted by Gasteiger charge is -2.26. The first kappa shape index (κ1) is 18.6. The molecule has 2 aromatic heterocycles. The Labute approximate surface area is 164 Å². The third-order valence-corrected chi connectivity index (χ3v) is 5.29. The van der Waals surface area contributed by atoms with Crippen molar-refractivity contribution in [1.29, 1.82) is 0 Å². The molecule has 1 aliphatic rings. The Morgan fingerprint density at radius 1 is 1.25 bits per heavy atom. The zero-order valence-electron chi connectivity index (χ0n) is 16.3. The fraction of sp³-hybridized carbons (Fsp3) is 0.381. The molecule has 1 aromatic carbocycles. The lowest BCUT2D eigenvalue weighted by atomic mass is 10.0. The van der Waals surface area contributed by atoms with Gasteiger partial charge in [0.25, 0.3) is 5.91 Å². The molecule has 1 N–H and O–H groups in total. The van der Waals surface area contributed by atoms with E-state index in [4.69, 9.17) is 9.72 Å². The smallest absolute Gasteiger partial charge is 0.252 e. The minimum atomic E-state index is -0.0744. The molecule has 7 nitrogen and oxygen atoms in total. The Balaban J connectivity index is 1.59. The molecular weight excluding hydrogens is 354 g/mol. The average molecular weight is 379 g/mol. The molecule has 0 unspecified atom stereocenters. The number of aromatic nitrogens is 3. The molecule has 0 saturated carbocycles. The molecule has 0 atom stereocenters. The van der Waals surface area contributed by atoms with Gasteiger partial charge in [-0.1, -0.05) is 18.2 Å². The molecule has 0 spiro atoms. The van der Waals surface area contributed by atoms with Crippen LogP contribution in [-0.4, -0.2) is 65.0 Å². The maximum absolute atomic E-state index is 13.0. The van der Waals surface area contributed by atoms with Gasteiger partial charge in [-0.15, -0.1) is 0 Å². The Kier molecular flexibility index (Phi) is 5.36. The van der Waals surface area contributed by atoms with Crippen molar-refractivity contribution >= 4 is 16.8 Å². The van der Waals surface area contributed by atoms with Crippen LogP contribution in [0.2, 0.25) is 0 Å². The van der Waals surface area contributed by atoms with E-state index in [1.165, 1.54) is 0 Å². The molecule has 1 amide bonds. The van der Waals surface area contributed by atoms with E-state index in [2.05, 4.69) is 15.3 Å². The second kappa shape index (κ2) is 8.08. The Morgan fingerprint density at radius 2 is 2.04 bits per heavy atom. The normalized spacial score (nSPS) is 15.1. The molecule has 28 heavy (non-hydrogen) atoms. The fourth-order valence-electron chi connectivity index (χ4n) is 3.50. The minimum absolute atomic E-state index is 0.0744. The Hall–Kier alpha value is -2.77. The van der Waals surface area contributed by atoms with Crippen LogP contribution in [0, 0.1) is 6.92 Å². The summed E-state index contributed by atoms with van der Waals surface area (Å²) in [5.41, 5.74) is 4.17. The van der Waals surface area contributed by atoms with Crippen molar-refractivity contribution in [3.8, 4) is 11.3 Å². The SMILES string of the molecule is Cc1c(-c2cc(C(=O)NCCN3CCOCC3)c3ccccc3n2)cnn1C. The van der Waals surface area contributed by atoms with E-state index in [1.807, 2.05) is 49.0 Å². The number of para-hydroxylation sites is 1. The van der Waals surface area contributed by atoms with Gasteiger partial charge in [0.05, 0.1) is 36.2 Å². The maximum Gasteiger partial charge on any atom is 0.252 e. The summed E-state index contributed by atoms with van der Waals surface area (Å²) in [5.74, 6) is -0.0744. The van der Waals surface area contributed by atoms with E-state index >= 15 is 0 Å². The molecule has 7 heteroatoms. The number of aryl methyl sites for hydroxylation is 1. The van der Waals surface area contributed by atoms with Crippen LogP contribution in [0.3, 0.4) is 0 Å². The number of hydrogen-bond donors (Lipinski definition) is 1. The molecule has 1 aliphatic heterocycles. The van der Waals surface area contributed by atoms with E-state index < -0.39 is 0 Å². The molecule has 0 radical (unpaired) electrons. The highest BCUT2D eigenvalue weighted by molar-refractivity contribution is 6.07. The molecular formula is C21H25N5O2. The number of morpholine rings is 1. The van der Waals surface area contributed by atoms with Crippen LogP contribution in [0.1, 0.15) is 16.1 Å².